The maximum Gasteiger partial charge on any atom is 0.115 e. The van der Waals surface area contributed by atoms with Gasteiger partial charge in [0.15, 0.2) is 0 Å². The van der Waals surface area contributed by atoms with Crippen molar-refractivity contribution in [2.24, 2.45) is 5.41 Å². The Morgan fingerprint density at radius 2 is 2.17 bits per heavy atom. The average molecular weight is 249 g/mol. The van der Waals surface area contributed by atoms with Crippen LogP contribution in [0.3, 0.4) is 0 Å². The summed E-state index contributed by atoms with van der Waals surface area (Å²) in [4.78, 5) is 0. The number of nitrogens with one attached hydrogen (secondary N) is 1. The van der Waals surface area contributed by atoms with Gasteiger partial charge in [-0.1, -0.05) is 26.0 Å². The summed E-state index contributed by atoms with van der Waals surface area (Å²) in [5.74, 6) is 0.323. The first kappa shape index (κ1) is 13.4. The van der Waals surface area contributed by atoms with Crippen LogP contribution < -0.4 is 5.32 Å². The summed E-state index contributed by atoms with van der Waals surface area (Å²) < 4.78 is 5.46. The van der Waals surface area contributed by atoms with Crippen LogP contribution >= 0.6 is 0 Å². The molecule has 1 aliphatic carbocycles. The lowest BCUT2D eigenvalue weighted by atomic mass is 9.64. The van der Waals surface area contributed by atoms with Gasteiger partial charge >= 0.3 is 0 Å². The minimum absolute atomic E-state index is 0.167. The normalized spacial score (nSPS) is 27.6. The van der Waals surface area contributed by atoms with E-state index >= 15 is 0 Å². The van der Waals surface area contributed by atoms with Gasteiger partial charge in [-0.3, -0.25) is 0 Å². The zero-order chi connectivity index (χ0) is 13.3. The maximum atomic E-state index is 9.50. The Morgan fingerprint density at radius 3 is 2.72 bits per heavy atom. The fraction of sp³-hybridized carbons (Fsp3) is 0.600. The Bertz CT molecular complexity index is 417. The predicted molar refractivity (Wildman–Crippen MR) is 72.6 cm³/mol. The first-order valence-corrected chi connectivity index (χ1v) is 6.53. The lowest BCUT2D eigenvalue weighted by Gasteiger charge is -2.52. The van der Waals surface area contributed by atoms with Gasteiger partial charge in [0.05, 0.1) is 6.10 Å². The zero-order valence-corrected chi connectivity index (χ0v) is 11.6. The molecule has 0 spiro atoms. The minimum Gasteiger partial charge on any atom is -0.508 e. The molecule has 0 bridgehead atoms. The molecule has 1 fully saturated rings. The summed E-state index contributed by atoms with van der Waals surface area (Å²) in [5, 5.41) is 13.1. The van der Waals surface area contributed by atoms with Crippen molar-refractivity contribution in [3.63, 3.8) is 0 Å². The SMILES string of the molecule is COC1CC(NC(C)c2cccc(O)c2)C1(C)C. The molecule has 3 unspecified atom stereocenters. The summed E-state index contributed by atoms with van der Waals surface area (Å²) in [5.41, 5.74) is 1.28. The van der Waals surface area contributed by atoms with Crippen LogP contribution in [0.15, 0.2) is 24.3 Å². The van der Waals surface area contributed by atoms with E-state index in [0.717, 1.165) is 12.0 Å². The van der Waals surface area contributed by atoms with Crippen LogP contribution in [0.5, 0.6) is 5.75 Å². The molecule has 3 heteroatoms. The van der Waals surface area contributed by atoms with E-state index in [0.29, 0.717) is 17.9 Å². The van der Waals surface area contributed by atoms with Crippen LogP contribution in [0.25, 0.3) is 0 Å². The number of phenols is 1. The van der Waals surface area contributed by atoms with E-state index in [-0.39, 0.29) is 11.5 Å². The van der Waals surface area contributed by atoms with Crippen molar-refractivity contribution < 1.29 is 9.84 Å². The van der Waals surface area contributed by atoms with Crippen molar-refractivity contribution in [3.05, 3.63) is 29.8 Å². The second kappa shape index (κ2) is 4.90. The lowest BCUT2D eigenvalue weighted by molar-refractivity contribution is -0.0999. The highest BCUT2D eigenvalue weighted by atomic mass is 16.5. The van der Waals surface area contributed by atoms with Crippen LogP contribution in [-0.4, -0.2) is 24.4 Å². The molecule has 100 valence electrons. The third-order valence-corrected chi connectivity index (χ3v) is 4.28. The number of aromatic hydroxyl groups is 1. The summed E-state index contributed by atoms with van der Waals surface area (Å²) in [6, 6.07) is 8.13. The first-order chi connectivity index (χ1) is 8.45. The van der Waals surface area contributed by atoms with Gasteiger partial charge in [-0.05, 0) is 31.0 Å². The number of hydrogen-bond acceptors (Lipinski definition) is 3. The van der Waals surface area contributed by atoms with Crippen molar-refractivity contribution in [1.29, 1.82) is 0 Å². The number of benzene rings is 1. The molecule has 1 aliphatic rings. The molecule has 0 heterocycles. The molecule has 2 N–H and O–H groups in total. The number of ether oxygens (including phenoxy) is 1. The average Bonchev–Trinajstić information content (AvgIpc) is 2.33. The topological polar surface area (TPSA) is 41.5 Å². The number of rotatable bonds is 4. The van der Waals surface area contributed by atoms with Gasteiger partial charge in [-0.2, -0.15) is 0 Å². The van der Waals surface area contributed by atoms with E-state index < -0.39 is 0 Å². The highest BCUT2D eigenvalue weighted by Crippen LogP contribution is 2.43. The number of methoxy groups -OCH3 is 1. The van der Waals surface area contributed by atoms with Crippen molar-refractivity contribution in [2.45, 2.75) is 45.4 Å². The molecular weight excluding hydrogens is 226 g/mol. The number of phenolic OH excluding ortho intramolecular Hbond substituents is 1. The fourth-order valence-corrected chi connectivity index (χ4v) is 2.76. The van der Waals surface area contributed by atoms with E-state index in [4.69, 9.17) is 4.74 Å². The first-order valence-electron chi connectivity index (χ1n) is 6.53. The van der Waals surface area contributed by atoms with Gasteiger partial charge in [-0.25, -0.2) is 0 Å². The van der Waals surface area contributed by atoms with Crippen molar-refractivity contribution in [3.8, 4) is 5.75 Å². The molecule has 0 aliphatic heterocycles. The van der Waals surface area contributed by atoms with Gasteiger partial charge in [0.2, 0.25) is 0 Å². The predicted octanol–water partition coefficient (Wildman–Crippen LogP) is 2.86. The third kappa shape index (κ3) is 2.38. The quantitative estimate of drug-likeness (QED) is 0.862. The molecule has 1 aromatic carbocycles. The highest BCUT2D eigenvalue weighted by molar-refractivity contribution is 5.29. The number of hydrogen-bond donors (Lipinski definition) is 2. The second-order valence-electron chi connectivity index (χ2n) is 5.82. The molecule has 18 heavy (non-hydrogen) atoms. The molecule has 1 aromatic rings. The van der Waals surface area contributed by atoms with E-state index in [2.05, 4.69) is 26.1 Å². The minimum atomic E-state index is 0.167. The summed E-state index contributed by atoms with van der Waals surface area (Å²) in [6.45, 7) is 6.60. The third-order valence-electron chi connectivity index (χ3n) is 4.28. The molecule has 3 nitrogen and oxygen atoms in total. The fourth-order valence-electron chi connectivity index (χ4n) is 2.76. The summed E-state index contributed by atoms with van der Waals surface area (Å²) in [6.07, 6.45) is 1.39. The molecule has 0 amide bonds. The van der Waals surface area contributed by atoms with Crippen LogP contribution in [-0.2, 0) is 4.74 Å². The van der Waals surface area contributed by atoms with Crippen LogP contribution in [0, 0.1) is 5.41 Å². The Kier molecular flexibility index (Phi) is 3.64. The molecular formula is C15H23NO2. The van der Waals surface area contributed by atoms with Crippen LogP contribution in [0.2, 0.25) is 0 Å². The lowest BCUT2D eigenvalue weighted by Crippen LogP contribution is -2.60. The smallest absolute Gasteiger partial charge is 0.115 e. The van der Waals surface area contributed by atoms with E-state index in [1.54, 1.807) is 13.2 Å². The Balaban J connectivity index is 1.99. The Labute approximate surface area is 109 Å². The molecule has 0 radical (unpaired) electrons. The van der Waals surface area contributed by atoms with Gasteiger partial charge in [0, 0.05) is 24.6 Å². The Hall–Kier alpha value is -1.06. The van der Waals surface area contributed by atoms with E-state index in [9.17, 15) is 5.11 Å². The van der Waals surface area contributed by atoms with E-state index in [1.807, 2.05) is 18.2 Å². The summed E-state index contributed by atoms with van der Waals surface area (Å²) in [7, 11) is 1.78. The van der Waals surface area contributed by atoms with Crippen LogP contribution in [0.1, 0.15) is 38.8 Å². The standard InChI is InChI=1S/C15H23NO2/c1-10(11-6-5-7-12(17)8-11)16-13-9-14(18-4)15(13,2)3/h5-8,10,13-14,16-17H,9H2,1-4H3. The largest absolute Gasteiger partial charge is 0.508 e. The van der Waals surface area contributed by atoms with Gasteiger partial charge < -0.3 is 15.2 Å². The molecule has 2 rings (SSSR count). The zero-order valence-electron chi connectivity index (χ0n) is 11.6. The van der Waals surface area contributed by atoms with Gasteiger partial charge in [0.25, 0.3) is 0 Å². The van der Waals surface area contributed by atoms with Gasteiger partial charge in [0.1, 0.15) is 5.75 Å². The van der Waals surface area contributed by atoms with Crippen molar-refractivity contribution in [2.75, 3.05) is 7.11 Å². The highest BCUT2D eigenvalue weighted by Gasteiger charge is 2.48. The molecule has 1 saturated carbocycles. The molecule has 0 aromatic heterocycles. The van der Waals surface area contributed by atoms with E-state index in [1.165, 1.54) is 0 Å². The van der Waals surface area contributed by atoms with Crippen molar-refractivity contribution >= 4 is 0 Å². The molecule has 3 atom stereocenters. The molecule has 0 saturated heterocycles. The Morgan fingerprint density at radius 1 is 1.44 bits per heavy atom. The summed E-state index contributed by atoms with van der Waals surface area (Å²) >= 11 is 0. The van der Waals surface area contributed by atoms with Crippen LogP contribution in [0.4, 0.5) is 0 Å². The van der Waals surface area contributed by atoms with Crippen molar-refractivity contribution in [1.82, 2.24) is 5.32 Å². The van der Waals surface area contributed by atoms with Gasteiger partial charge in [-0.15, -0.1) is 0 Å². The maximum absolute atomic E-state index is 9.50. The second-order valence-corrected chi connectivity index (χ2v) is 5.82. The monoisotopic (exact) mass is 249 g/mol.